The third-order valence-electron chi connectivity index (χ3n) is 4.39. The molecule has 3 aromatic rings. The van der Waals surface area contributed by atoms with Gasteiger partial charge in [0.05, 0.1) is 27.2 Å². The molecule has 26 heavy (non-hydrogen) atoms. The predicted octanol–water partition coefficient (Wildman–Crippen LogP) is 3.50. The van der Waals surface area contributed by atoms with Crippen molar-refractivity contribution in [1.29, 1.82) is 0 Å². The first-order valence-electron chi connectivity index (χ1n) is 7.86. The molecule has 0 saturated carbocycles. The molecule has 2 heterocycles. The number of hydrogen-bond donors (Lipinski definition) is 0. The van der Waals surface area contributed by atoms with Gasteiger partial charge in [-0.3, -0.25) is 0 Å². The molecular weight excluding hydrogens is 395 g/mol. The lowest BCUT2D eigenvalue weighted by atomic mass is 10.1. The summed E-state index contributed by atoms with van der Waals surface area (Å²) < 4.78 is 28.6. The maximum Gasteiger partial charge on any atom is 0.243 e. The summed E-state index contributed by atoms with van der Waals surface area (Å²) in [5, 5.41) is 8.60. The van der Waals surface area contributed by atoms with Crippen molar-refractivity contribution in [2.75, 3.05) is 13.1 Å². The van der Waals surface area contributed by atoms with E-state index in [1.54, 1.807) is 53.5 Å². The minimum Gasteiger partial charge on any atom is -0.247 e. The molecular formula is C17H14Cl2N4O2S. The van der Waals surface area contributed by atoms with Crippen molar-refractivity contribution in [2.24, 2.45) is 0 Å². The van der Waals surface area contributed by atoms with Crippen LogP contribution in [0, 0.1) is 0 Å². The summed E-state index contributed by atoms with van der Waals surface area (Å²) in [7, 11) is -3.52. The van der Waals surface area contributed by atoms with E-state index in [9.17, 15) is 8.42 Å². The highest BCUT2D eigenvalue weighted by atomic mass is 35.5. The monoisotopic (exact) mass is 408 g/mol. The Morgan fingerprint density at radius 3 is 2.27 bits per heavy atom. The van der Waals surface area contributed by atoms with Gasteiger partial charge in [0.1, 0.15) is 0 Å². The minimum atomic E-state index is -3.52. The Hall–Kier alpha value is -1.93. The summed E-state index contributed by atoms with van der Waals surface area (Å²) >= 11 is 12.0. The molecule has 0 N–H and O–H groups in total. The van der Waals surface area contributed by atoms with Crippen LogP contribution in [0.2, 0.25) is 10.0 Å². The van der Waals surface area contributed by atoms with Crippen molar-refractivity contribution in [3.8, 4) is 11.1 Å². The van der Waals surface area contributed by atoms with Gasteiger partial charge in [0.15, 0.2) is 0 Å². The second-order valence-corrected chi connectivity index (χ2v) is 8.76. The lowest BCUT2D eigenvalue weighted by Gasteiger charge is -2.37. The molecule has 1 fully saturated rings. The van der Waals surface area contributed by atoms with Crippen LogP contribution in [0.15, 0.2) is 59.8 Å². The molecule has 6 nitrogen and oxygen atoms in total. The third-order valence-corrected chi connectivity index (χ3v) is 6.97. The summed E-state index contributed by atoms with van der Waals surface area (Å²) in [5.41, 5.74) is 1.74. The largest absolute Gasteiger partial charge is 0.247 e. The molecule has 0 bridgehead atoms. The summed E-state index contributed by atoms with van der Waals surface area (Å²) in [6.07, 6.45) is 3.32. The highest BCUT2D eigenvalue weighted by Gasteiger charge is 2.38. The van der Waals surface area contributed by atoms with Gasteiger partial charge in [-0.25, -0.2) is 13.1 Å². The number of nitrogens with zero attached hydrogens (tertiary/aromatic N) is 4. The average molecular weight is 409 g/mol. The first kappa shape index (κ1) is 17.5. The maximum absolute atomic E-state index is 12.7. The van der Waals surface area contributed by atoms with Crippen LogP contribution in [0.4, 0.5) is 0 Å². The number of halogens is 2. The highest BCUT2D eigenvalue weighted by molar-refractivity contribution is 7.89. The van der Waals surface area contributed by atoms with Crippen LogP contribution < -0.4 is 0 Å². The van der Waals surface area contributed by atoms with Crippen LogP contribution in [-0.2, 0) is 10.0 Å². The van der Waals surface area contributed by atoms with E-state index in [-0.39, 0.29) is 10.9 Å². The zero-order chi connectivity index (χ0) is 18.3. The number of sulfonamides is 1. The molecule has 1 aliphatic rings. The number of rotatable bonds is 4. The SMILES string of the molecule is O=S(=O)(c1ccc(-c2ccc(Cl)c(Cl)c2)cc1)N1CC(n2ccnn2)C1. The molecule has 134 valence electrons. The Labute approximate surface area is 161 Å². The van der Waals surface area contributed by atoms with E-state index in [0.717, 1.165) is 11.1 Å². The van der Waals surface area contributed by atoms with E-state index in [1.165, 1.54) is 4.31 Å². The van der Waals surface area contributed by atoms with Gasteiger partial charge in [-0.15, -0.1) is 5.10 Å². The van der Waals surface area contributed by atoms with Crippen molar-refractivity contribution in [3.05, 3.63) is 64.9 Å². The molecule has 9 heteroatoms. The van der Waals surface area contributed by atoms with Crippen molar-refractivity contribution in [1.82, 2.24) is 19.3 Å². The molecule has 0 atom stereocenters. The third kappa shape index (κ3) is 3.12. The Morgan fingerprint density at radius 2 is 1.65 bits per heavy atom. The molecule has 1 aromatic heterocycles. The van der Waals surface area contributed by atoms with Crippen LogP contribution in [-0.4, -0.2) is 40.8 Å². The van der Waals surface area contributed by atoms with Gasteiger partial charge >= 0.3 is 0 Å². The second-order valence-electron chi connectivity index (χ2n) is 6.01. The Morgan fingerprint density at radius 1 is 0.962 bits per heavy atom. The Kier molecular flexibility index (Phi) is 4.48. The van der Waals surface area contributed by atoms with Gasteiger partial charge in [0.2, 0.25) is 10.0 Å². The fourth-order valence-corrected chi connectivity index (χ4v) is 4.65. The fraction of sp³-hybridized carbons (Fsp3) is 0.176. The van der Waals surface area contributed by atoms with E-state index in [1.807, 2.05) is 6.07 Å². The molecule has 1 aliphatic heterocycles. The predicted molar refractivity (Wildman–Crippen MR) is 99.7 cm³/mol. The number of aromatic nitrogens is 3. The lowest BCUT2D eigenvalue weighted by molar-refractivity contribution is 0.189. The van der Waals surface area contributed by atoms with E-state index in [2.05, 4.69) is 10.3 Å². The summed E-state index contributed by atoms with van der Waals surface area (Å²) in [4.78, 5) is 0.262. The zero-order valence-corrected chi connectivity index (χ0v) is 15.8. The van der Waals surface area contributed by atoms with Gasteiger partial charge < -0.3 is 0 Å². The van der Waals surface area contributed by atoms with Crippen LogP contribution in [0.3, 0.4) is 0 Å². The van der Waals surface area contributed by atoms with Gasteiger partial charge in [-0.05, 0) is 35.4 Å². The maximum atomic E-state index is 12.7. The zero-order valence-electron chi connectivity index (χ0n) is 13.5. The average Bonchev–Trinajstić information content (AvgIpc) is 3.10. The molecule has 0 radical (unpaired) electrons. The highest BCUT2D eigenvalue weighted by Crippen LogP contribution is 2.31. The second kappa shape index (κ2) is 6.66. The van der Waals surface area contributed by atoms with Crippen LogP contribution in [0.1, 0.15) is 6.04 Å². The molecule has 1 saturated heterocycles. The van der Waals surface area contributed by atoms with Crippen LogP contribution >= 0.6 is 23.2 Å². The van der Waals surface area contributed by atoms with Crippen LogP contribution in [0.25, 0.3) is 11.1 Å². The standard InChI is InChI=1S/C17H14Cl2N4O2S/c18-16-6-3-13(9-17(16)19)12-1-4-15(5-2-12)26(24,25)22-10-14(11-22)23-8-7-20-21-23/h1-9,14H,10-11H2. The van der Waals surface area contributed by atoms with Gasteiger partial charge in [0.25, 0.3) is 0 Å². The number of hydrogen-bond acceptors (Lipinski definition) is 4. The topological polar surface area (TPSA) is 68.1 Å². The Balaban J connectivity index is 1.52. The molecule has 0 spiro atoms. The van der Waals surface area contributed by atoms with E-state index in [0.29, 0.717) is 23.1 Å². The van der Waals surface area contributed by atoms with Gasteiger partial charge in [-0.1, -0.05) is 46.6 Å². The minimum absolute atomic E-state index is 0.0303. The summed E-state index contributed by atoms with van der Waals surface area (Å²) in [6, 6.07) is 12.1. The van der Waals surface area contributed by atoms with Crippen LogP contribution in [0.5, 0.6) is 0 Å². The van der Waals surface area contributed by atoms with E-state index in [4.69, 9.17) is 23.2 Å². The summed E-state index contributed by atoms with van der Waals surface area (Å²) in [6.45, 7) is 0.778. The number of benzene rings is 2. The van der Waals surface area contributed by atoms with Gasteiger partial charge in [0, 0.05) is 19.3 Å². The summed E-state index contributed by atoms with van der Waals surface area (Å²) in [5.74, 6) is 0. The smallest absolute Gasteiger partial charge is 0.243 e. The quantitative estimate of drug-likeness (QED) is 0.662. The van der Waals surface area contributed by atoms with Crippen molar-refractivity contribution in [3.63, 3.8) is 0 Å². The molecule has 0 unspecified atom stereocenters. The normalized spacial score (nSPS) is 15.8. The van der Waals surface area contributed by atoms with E-state index >= 15 is 0 Å². The first-order chi connectivity index (χ1) is 12.4. The molecule has 2 aromatic carbocycles. The molecule has 0 aliphatic carbocycles. The van der Waals surface area contributed by atoms with Gasteiger partial charge in [-0.2, -0.15) is 4.31 Å². The Bertz CT molecular complexity index is 1030. The van der Waals surface area contributed by atoms with Crippen molar-refractivity contribution < 1.29 is 8.42 Å². The van der Waals surface area contributed by atoms with Crippen molar-refractivity contribution in [2.45, 2.75) is 10.9 Å². The van der Waals surface area contributed by atoms with Crippen molar-refractivity contribution >= 4 is 33.2 Å². The lowest BCUT2D eigenvalue weighted by Crippen LogP contribution is -2.50. The molecule has 0 amide bonds. The van der Waals surface area contributed by atoms with E-state index < -0.39 is 10.0 Å². The first-order valence-corrected chi connectivity index (χ1v) is 10.1. The fourth-order valence-electron chi connectivity index (χ4n) is 2.84. The molecule has 4 rings (SSSR count).